The third-order valence-corrected chi connectivity index (χ3v) is 4.63. The Bertz CT molecular complexity index is 448. The van der Waals surface area contributed by atoms with E-state index in [9.17, 15) is 8.42 Å². The van der Waals surface area contributed by atoms with Gasteiger partial charge in [-0.25, -0.2) is 13.4 Å². The Labute approximate surface area is 106 Å². The molecule has 0 aromatic carbocycles. The van der Waals surface area contributed by atoms with Gasteiger partial charge in [0.05, 0.1) is 4.90 Å². The van der Waals surface area contributed by atoms with Crippen molar-refractivity contribution in [1.82, 2.24) is 4.98 Å². The summed E-state index contributed by atoms with van der Waals surface area (Å²) in [5.41, 5.74) is 0. The molecule has 6 heteroatoms. The monoisotopic (exact) mass is 279 g/mol. The summed E-state index contributed by atoms with van der Waals surface area (Å²) in [5.74, 6) is 0.565. The smallest absolute Gasteiger partial charge is 0.178 e. The number of rotatable bonds is 5. The summed E-state index contributed by atoms with van der Waals surface area (Å²) in [5, 5.41) is 0.815. The Balaban J connectivity index is 2.96. The maximum atomic E-state index is 11.5. The van der Waals surface area contributed by atoms with Gasteiger partial charge in [0.25, 0.3) is 0 Å². The summed E-state index contributed by atoms with van der Waals surface area (Å²) < 4.78 is 23.0. The van der Waals surface area contributed by atoms with Gasteiger partial charge in [0, 0.05) is 23.6 Å². The molecule has 1 aromatic heterocycles. The highest BCUT2D eigenvalue weighted by atomic mass is 35.5. The maximum Gasteiger partial charge on any atom is 0.178 e. The molecule has 0 aliphatic carbocycles. The van der Waals surface area contributed by atoms with Crippen LogP contribution in [0, 0.1) is 0 Å². The molecule has 0 amide bonds. The Morgan fingerprint density at radius 2 is 2.25 bits per heavy atom. The van der Waals surface area contributed by atoms with Gasteiger partial charge in [-0.15, -0.1) is 23.4 Å². The minimum absolute atomic E-state index is 0.257. The molecule has 0 N–H and O–H groups in total. The number of nitrogens with zero attached hydrogens (tertiary/aromatic N) is 1. The van der Waals surface area contributed by atoms with Crippen LogP contribution in [0.3, 0.4) is 0 Å². The van der Waals surface area contributed by atoms with E-state index in [0.717, 1.165) is 6.42 Å². The summed E-state index contributed by atoms with van der Waals surface area (Å²) in [6.07, 6.45) is 3.62. The van der Waals surface area contributed by atoms with E-state index in [1.807, 2.05) is 6.92 Å². The Morgan fingerprint density at radius 1 is 1.56 bits per heavy atom. The van der Waals surface area contributed by atoms with E-state index in [4.69, 9.17) is 11.6 Å². The van der Waals surface area contributed by atoms with Crippen molar-refractivity contribution in [2.75, 3.05) is 12.1 Å². The molecule has 1 heterocycles. The zero-order valence-corrected chi connectivity index (χ0v) is 11.6. The average molecular weight is 280 g/mol. The lowest BCUT2D eigenvalue weighted by Crippen LogP contribution is -2.04. The number of hydrogen-bond acceptors (Lipinski definition) is 4. The molecule has 1 aromatic rings. The first kappa shape index (κ1) is 13.8. The highest BCUT2D eigenvalue weighted by Crippen LogP contribution is 2.28. The molecular formula is C10H14ClNO2S2. The number of hydrogen-bond donors (Lipinski definition) is 0. The third kappa shape index (κ3) is 3.96. The maximum absolute atomic E-state index is 11.5. The fourth-order valence-electron chi connectivity index (χ4n) is 1.15. The van der Waals surface area contributed by atoms with Gasteiger partial charge in [-0.3, -0.25) is 0 Å². The topological polar surface area (TPSA) is 47.0 Å². The van der Waals surface area contributed by atoms with Crippen molar-refractivity contribution in [2.45, 2.75) is 28.5 Å². The molecule has 0 aliphatic heterocycles. The van der Waals surface area contributed by atoms with Crippen LogP contribution in [0.1, 0.15) is 13.3 Å². The molecular weight excluding hydrogens is 266 g/mol. The standard InChI is InChI=1S/C10H14ClNO2S2/c1-8(5-6-11)15-10-9(16(2,13)14)4-3-7-12-10/h3-4,7-8H,5-6H2,1-2H3. The normalized spacial score (nSPS) is 13.7. The molecule has 0 radical (unpaired) electrons. The highest BCUT2D eigenvalue weighted by Gasteiger charge is 2.16. The van der Waals surface area contributed by atoms with Gasteiger partial charge in [-0.05, 0) is 18.6 Å². The molecule has 0 aliphatic rings. The fourth-order valence-corrected chi connectivity index (χ4v) is 3.82. The van der Waals surface area contributed by atoms with Gasteiger partial charge in [0.2, 0.25) is 0 Å². The van der Waals surface area contributed by atoms with Crippen molar-refractivity contribution in [2.24, 2.45) is 0 Å². The average Bonchev–Trinajstić information content (AvgIpc) is 2.17. The Hall–Kier alpha value is -0.260. The quantitative estimate of drug-likeness (QED) is 0.614. The summed E-state index contributed by atoms with van der Waals surface area (Å²) in [6, 6.07) is 3.21. The number of pyridine rings is 1. The number of aromatic nitrogens is 1. The van der Waals surface area contributed by atoms with Crippen molar-refractivity contribution >= 4 is 33.2 Å². The molecule has 0 spiro atoms. The zero-order chi connectivity index (χ0) is 12.2. The third-order valence-electron chi connectivity index (χ3n) is 1.96. The van der Waals surface area contributed by atoms with Gasteiger partial charge < -0.3 is 0 Å². The van der Waals surface area contributed by atoms with Crippen molar-refractivity contribution in [3.05, 3.63) is 18.3 Å². The molecule has 0 saturated heterocycles. The molecule has 1 rings (SSSR count). The van der Waals surface area contributed by atoms with Gasteiger partial charge in [-0.2, -0.15) is 0 Å². The first-order chi connectivity index (χ1) is 7.45. The molecule has 3 nitrogen and oxygen atoms in total. The van der Waals surface area contributed by atoms with Gasteiger partial charge in [0.1, 0.15) is 5.03 Å². The highest BCUT2D eigenvalue weighted by molar-refractivity contribution is 8.00. The Kier molecular flexibility index (Phi) is 5.08. The summed E-state index contributed by atoms with van der Waals surface area (Å²) in [7, 11) is -3.21. The second-order valence-electron chi connectivity index (χ2n) is 3.48. The van der Waals surface area contributed by atoms with Crippen molar-refractivity contribution in [3.63, 3.8) is 0 Å². The first-order valence-electron chi connectivity index (χ1n) is 4.83. The van der Waals surface area contributed by atoms with E-state index in [2.05, 4.69) is 4.98 Å². The van der Waals surface area contributed by atoms with E-state index in [1.165, 1.54) is 18.0 Å². The van der Waals surface area contributed by atoms with Crippen LogP contribution in [0.15, 0.2) is 28.3 Å². The molecule has 1 unspecified atom stereocenters. The molecule has 0 bridgehead atoms. The molecule has 0 fully saturated rings. The van der Waals surface area contributed by atoms with Gasteiger partial charge >= 0.3 is 0 Å². The van der Waals surface area contributed by atoms with Crippen LogP contribution >= 0.6 is 23.4 Å². The van der Waals surface area contributed by atoms with E-state index in [1.54, 1.807) is 18.3 Å². The van der Waals surface area contributed by atoms with Crippen molar-refractivity contribution in [1.29, 1.82) is 0 Å². The summed E-state index contributed by atoms with van der Waals surface area (Å²) >= 11 is 7.09. The second-order valence-corrected chi connectivity index (χ2v) is 7.27. The van der Waals surface area contributed by atoms with Gasteiger partial charge in [0.15, 0.2) is 9.84 Å². The number of thioether (sulfide) groups is 1. The van der Waals surface area contributed by atoms with Crippen LogP contribution in [0.25, 0.3) is 0 Å². The van der Waals surface area contributed by atoms with Crippen LogP contribution in [0.2, 0.25) is 0 Å². The Morgan fingerprint density at radius 3 is 2.81 bits per heavy atom. The zero-order valence-electron chi connectivity index (χ0n) is 9.18. The lowest BCUT2D eigenvalue weighted by Gasteiger charge is -2.10. The number of sulfone groups is 1. The number of alkyl halides is 1. The van der Waals surface area contributed by atoms with E-state index in [0.29, 0.717) is 15.8 Å². The van der Waals surface area contributed by atoms with Crippen LogP contribution in [-0.2, 0) is 9.84 Å². The van der Waals surface area contributed by atoms with Crippen molar-refractivity contribution in [3.8, 4) is 0 Å². The summed E-state index contributed by atoms with van der Waals surface area (Å²) in [6.45, 7) is 2.01. The molecule has 1 atom stereocenters. The predicted molar refractivity (Wildman–Crippen MR) is 68.0 cm³/mol. The van der Waals surface area contributed by atoms with Crippen LogP contribution in [-0.4, -0.2) is 30.8 Å². The summed E-state index contributed by atoms with van der Waals surface area (Å²) in [4.78, 5) is 4.40. The van der Waals surface area contributed by atoms with E-state index >= 15 is 0 Å². The predicted octanol–water partition coefficient (Wildman–Crippen LogP) is 2.59. The number of halogens is 1. The minimum atomic E-state index is -3.21. The second kappa shape index (κ2) is 5.89. The van der Waals surface area contributed by atoms with E-state index < -0.39 is 9.84 Å². The fraction of sp³-hybridized carbons (Fsp3) is 0.500. The first-order valence-corrected chi connectivity index (χ1v) is 8.13. The SMILES string of the molecule is CC(CCCl)Sc1ncccc1S(C)(=O)=O. The van der Waals surface area contributed by atoms with Crippen LogP contribution in [0.4, 0.5) is 0 Å². The van der Waals surface area contributed by atoms with Gasteiger partial charge in [-0.1, -0.05) is 6.92 Å². The molecule has 16 heavy (non-hydrogen) atoms. The minimum Gasteiger partial charge on any atom is -0.249 e. The van der Waals surface area contributed by atoms with E-state index in [-0.39, 0.29) is 5.25 Å². The van der Waals surface area contributed by atoms with Crippen molar-refractivity contribution < 1.29 is 8.42 Å². The molecule has 0 saturated carbocycles. The van der Waals surface area contributed by atoms with Crippen LogP contribution in [0.5, 0.6) is 0 Å². The lowest BCUT2D eigenvalue weighted by molar-refractivity contribution is 0.598. The lowest BCUT2D eigenvalue weighted by atomic mass is 10.4. The molecule has 90 valence electrons. The van der Waals surface area contributed by atoms with Crippen LogP contribution < -0.4 is 0 Å². The largest absolute Gasteiger partial charge is 0.249 e.